The Morgan fingerprint density at radius 1 is 1.35 bits per heavy atom. The van der Waals surface area contributed by atoms with Gasteiger partial charge in [0, 0.05) is 30.3 Å². The molecule has 0 radical (unpaired) electrons. The molecule has 1 aromatic heterocycles. The lowest BCUT2D eigenvalue weighted by molar-refractivity contribution is 0.280. The fraction of sp³-hybridized carbons (Fsp3) is 0.429. The molecule has 0 fully saturated rings. The molecule has 0 saturated heterocycles. The molecule has 0 aliphatic carbocycles. The lowest BCUT2D eigenvalue weighted by atomic mass is 10.1. The van der Waals surface area contributed by atoms with E-state index in [0.717, 1.165) is 19.4 Å². The minimum atomic E-state index is 0.234. The normalized spacial score (nSPS) is 11.2. The van der Waals surface area contributed by atoms with Gasteiger partial charge in [-0.1, -0.05) is 11.6 Å². The quantitative estimate of drug-likeness (QED) is 0.826. The van der Waals surface area contributed by atoms with E-state index >= 15 is 0 Å². The van der Waals surface area contributed by atoms with E-state index in [-0.39, 0.29) is 6.61 Å². The van der Waals surface area contributed by atoms with Crippen LogP contribution in [0.1, 0.15) is 17.5 Å². The van der Waals surface area contributed by atoms with E-state index in [0.29, 0.717) is 6.54 Å². The first kappa shape index (κ1) is 12.1. The summed E-state index contributed by atoms with van der Waals surface area (Å²) >= 11 is 0. The summed E-state index contributed by atoms with van der Waals surface area (Å²) in [6.07, 6.45) is 3.87. The summed E-state index contributed by atoms with van der Waals surface area (Å²) in [6, 6.07) is 6.50. The third kappa shape index (κ3) is 2.51. The van der Waals surface area contributed by atoms with Gasteiger partial charge in [0.05, 0.1) is 0 Å². The van der Waals surface area contributed by atoms with Gasteiger partial charge in [-0.2, -0.15) is 0 Å². The Morgan fingerprint density at radius 3 is 2.88 bits per heavy atom. The fourth-order valence-corrected chi connectivity index (χ4v) is 2.27. The standard InChI is InChI=1S/C14H20N2O/c1-11-3-4-14-13(9-11)12(5-6-15)10-16(14)7-2-8-17/h3-4,9-10,17H,2,5-8,15H2,1H3. The lowest BCUT2D eigenvalue weighted by Gasteiger charge is -2.03. The Kier molecular flexibility index (Phi) is 3.82. The van der Waals surface area contributed by atoms with Crippen molar-refractivity contribution in [3.63, 3.8) is 0 Å². The Bertz CT molecular complexity index is 502. The molecule has 3 nitrogen and oxygen atoms in total. The molecule has 17 heavy (non-hydrogen) atoms. The molecule has 3 N–H and O–H groups in total. The zero-order valence-corrected chi connectivity index (χ0v) is 10.3. The zero-order chi connectivity index (χ0) is 12.3. The van der Waals surface area contributed by atoms with Crippen LogP contribution < -0.4 is 5.73 Å². The van der Waals surface area contributed by atoms with Crippen molar-refractivity contribution in [2.75, 3.05) is 13.2 Å². The highest BCUT2D eigenvalue weighted by molar-refractivity contribution is 5.84. The van der Waals surface area contributed by atoms with Crippen molar-refractivity contribution < 1.29 is 5.11 Å². The number of nitrogens with two attached hydrogens (primary N) is 1. The summed E-state index contributed by atoms with van der Waals surface area (Å²) < 4.78 is 2.22. The second-order valence-electron chi connectivity index (χ2n) is 4.48. The van der Waals surface area contributed by atoms with Gasteiger partial charge in [-0.25, -0.2) is 0 Å². The van der Waals surface area contributed by atoms with E-state index in [1.165, 1.54) is 22.0 Å². The highest BCUT2D eigenvalue weighted by atomic mass is 16.3. The van der Waals surface area contributed by atoms with Crippen LogP contribution in [0.2, 0.25) is 0 Å². The van der Waals surface area contributed by atoms with Crippen LogP contribution >= 0.6 is 0 Å². The first-order valence-corrected chi connectivity index (χ1v) is 6.15. The molecule has 0 spiro atoms. The van der Waals surface area contributed by atoms with Gasteiger partial charge in [0.1, 0.15) is 0 Å². The van der Waals surface area contributed by atoms with Crippen LogP contribution in [-0.2, 0) is 13.0 Å². The van der Waals surface area contributed by atoms with Gasteiger partial charge in [-0.15, -0.1) is 0 Å². The maximum atomic E-state index is 8.92. The van der Waals surface area contributed by atoms with Crippen LogP contribution in [0, 0.1) is 6.92 Å². The van der Waals surface area contributed by atoms with Gasteiger partial charge in [0.25, 0.3) is 0 Å². The van der Waals surface area contributed by atoms with E-state index in [1.807, 2.05) is 0 Å². The summed E-state index contributed by atoms with van der Waals surface area (Å²) in [7, 11) is 0. The van der Waals surface area contributed by atoms with E-state index in [1.54, 1.807) is 0 Å². The van der Waals surface area contributed by atoms with Crippen LogP contribution in [0.5, 0.6) is 0 Å². The molecule has 2 rings (SSSR count). The predicted octanol–water partition coefficient (Wildman–Crippen LogP) is 1.83. The summed E-state index contributed by atoms with van der Waals surface area (Å²) in [5, 5.41) is 10.2. The molecule has 0 aliphatic heterocycles. The Hall–Kier alpha value is -1.32. The van der Waals surface area contributed by atoms with Crippen LogP contribution in [0.3, 0.4) is 0 Å². The van der Waals surface area contributed by atoms with Crippen LogP contribution in [0.4, 0.5) is 0 Å². The molecule has 0 amide bonds. The maximum absolute atomic E-state index is 8.92. The molecule has 0 atom stereocenters. The average Bonchev–Trinajstić information content (AvgIpc) is 2.65. The Morgan fingerprint density at radius 2 is 2.18 bits per heavy atom. The van der Waals surface area contributed by atoms with Crippen LogP contribution in [0.15, 0.2) is 24.4 Å². The summed E-state index contributed by atoms with van der Waals surface area (Å²) in [5.74, 6) is 0. The number of aliphatic hydroxyl groups is 1. The number of nitrogens with zero attached hydrogens (tertiary/aromatic N) is 1. The molecule has 1 heterocycles. The van der Waals surface area contributed by atoms with Gasteiger partial charge >= 0.3 is 0 Å². The van der Waals surface area contributed by atoms with Crippen LogP contribution in [-0.4, -0.2) is 22.8 Å². The number of fused-ring (bicyclic) bond motifs is 1. The zero-order valence-electron chi connectivity index (χ0n) is 10.3. The van der Waals surface area contributed by atoms with E-state index in [4.69, 9.17) is 10.8 Å². The van der Waals surface area contributed by atoms with Gasteiger partial charge in [-0.3, -0.25) is 0 Å². The van der Waals surface area contributed by atoms with Crippen molar-refractivity contribution in [3.8, 4) is 0 Å². The van der Waals surface area contributed by atoms with Gasteiger partial charge in [-0.05, 0) is 44.0 Å². The number of aromatic nitrogens is 1. The van der Waals surface area contributed by atoms with E-state index in [9.17, 15) is 0 Å². The molecule has 92 valence electrons. The van der Waals surface area contributed by atoms with Crippen LogP contribution in [0.25, 0.3) is 10.9 Å². The third-order valence-corrected chi connectivity index (χ3v) is 3.09. The van der Waals surface area contributed by atoms with Crippen molar-refractivity contribution in [1.29, 1.82) is 0 Å². The number of benzene rings is 1. The molecule has 0 unspecified atom stereocenters. The summed E-state index contributed by atoms with van der Waals surface area (Å²) in [6.45, 7) is 3.88. The van der Waals surface area contributed by atoms with E-state index in [2.05, 4.69) is 35.9 Å². The van der Waals surface area contributed by atoms with Gasteiger partial charge < -0.3 is 15.4 Å². The van der Waals surface area contributed by atoms with Crippen molar-refractivity contribution in [3.05, 3.63) is 35.5 Å². The maximum Gasteiger partial charge on any atom is 0.0483 e. The summed E-state index contributed by atoms with van der Waals surface area (Å²) in [5.41, 5.74) is 9.48. The first-order chi connectivity index (χ1) is 8.26. The molecule has 0 bridgehead atoms. The Labute approximate surface area is 102 Å². The molecular weight excluding hydrogens is 212 g/mol. The largest absolute Gasteiger partial charge is 0.396 e. The number of rotatable bonds is 5. The second kappa shape index (κ2) is 5.34. The number of hydrogen-bond acceptors (Lipinski definition) is 2. The first-order valence-electron chi connectivity index (χ1n) is 6.15. The molecule has 0 saturated carbocycles. The Balaban J connectivity index is 2.46. The smallest absolute Gasteiger partial charge is 0.0483 e. The minimum absolute atomic E-state index is 0.234. The fourth-order valence-electron chi connectivity index (χ4n) is 2.27. The molecular formula is C14H20N2O. The van der Waals surface area contributed by atoms with Crippen molar-refractivity contribution in [1.82, 2.24) is 4.57 Å². The van der Waals surface area contributed by atoms with Crippen molar-refractivity contribution in [2.24, 2.45) is 5.73 Å². The molecule has 2 aromatic rings. The number of aryl methyl sites for hydroxylation is 2. The molecule has 1 aromatic carbocycles. The summed E-state index contributed by atoms with van der Waals surface area (Å²) in [4.78, 5) is 0. The molecule has 3 heteroatoms. The highest BCUT2D eigenvalue weighted by Gasteiger charge is 2.07. The monoisotopic (exact) mass is 232 g/mol. The SMILES string of the molecule is Cc1ccc2c(c1)c(CCN)cn2CCCO. The van der Waals surface area contributed by atoms with Gasteiger partial charge in [0.2, 0.25) is 0 Å². The minimum Gasteiger partial charge on any atom is -0.396 e. The van der Waals surface area contributed by atoms with Crippen molar-refractivity contribution in [2.45, 2.75) is 26.3 Å². The van der Waals surface area contributed by atoms with Crippen molar-refractivity contribution >= 4 is 10.9 Å². The lowest BCUT2D eigenvalue weighted by Crippen LogP contribution is -2.02. The third-order valence-electron chi connectivity index (χ3n) is 3.09. The topological polar surface area (TPSA) is 51.2 Å². The predicted molar refractivity (Wildman–Crippen MR) is 71.1 cm³/mol. The number of aliphatic hydroxyl groups excluding tert-OH is 1. The second-order valence-corrected chi connectivity index (χ2v) is 4.48. The highest BCUT2D eigenvalue weighted by Crippen LogP contribution is 2.23. The van der Waals surface area contributed by atoms with Gasteiger partial charge in [0.15, 0.2) is 0 Å². The average molecular weight is 232 g/mol. The number of hydrogen-bond donors (Lipinski definition) is 2. The molecule has 0 aliphatic rings. The van der Waals surface area contributed by atoms with E-state index < -0.39 is 0 Å².